The van der Waals surface area contributed by atoms with Crippen molar-refractivity contribution in [2.75, 3.05) is 57.3 Å². The van der Waals surface area contributed by atoms with Crippen LogP contribution in [0.15, 0.2) is 24.3 Å². The summed E-state index contributed by atoms with van der Waals surface area (Å²) in [7, 11) is 0. The van der Waals surface area contributed by atoms with Crippen LogP contribution in [0.3, 0.4) is 0 Å². The van der Waals surface area contributed by atoms with Crippen LogP contribution in [0.5, 0.6) is 0 Å². The fraction of sp³-hybridized carbons (Fsp3) is 0.647. The third-order valence-corrected chi connectivity index (χ3v) is 5.20. The number of piperazine rings is 1. The zero-order valence-corrected chi connectivity index (χ0v) is 14.0. The molecule has 0 aromatic heterocycles. The molecule has 2 aliphatic heterocycles. The zero-order chi connectivity index (χ0) is 15.4. The van der Waals surface area contributed by atoms with Crippen LogP contribution in [-0.4, -0.2) is 61.9 Å². The molecule has 0 amide bonds. The van der Waals surface area contributed by atoms with Crippen LogP contribution in [0, 0.1) is 5.21 Å². The maximum Gasteiger partial charge on any atom is 0.0796 e. The van der Waals surface area contributed by atoms with E-state index in [1.54, 1.807) is 0 Å². The average Bonchev–Trinajstić information content (AvgIpc) is 2.95. The van der Waals surface area contributed by atoms with E-state index in [4.69, 9.17) is 11.6 Å². The number of rotatable bonds is 5. The lowest BCUT2D eigenvalue weighted by Gasteiger charge is -2.40. The number of hydrogen-bond donors (Lipinski definition) is 0. The van der Waals surface area contributed by atoms with Gasteiger partial charge in [0, 0.05) is 62.7 Å². The Hall–Kier alpha value is -0.810. The van der Waals surface area contributed by atoms with E-state index in [2.05, 4.69) is 15.9 Å². The Labute approximate surface area is 138 Å². The Bertz CT molecular complexity index is 483. The highest BCUT2D eigenvalue weighted by atomic mass is 35.5. The van der Waals surface area contributed by atoms with Crippen molar-refractivity contribution < 1.29 is 4.65 Å². The Morgan fingerprint density at radius 2 is 1.82 bits per heavy atom. The molecule has 0 spiro atoms. The molecule has 0 unspecified atom stereocenters. The number of quaternary nitrogens is 1. The van der Waals surface area contributed by atoms with Crippen LogP contribution >= 0.6 is 11.6 Å². The minimum absolute atomic E-state index is 0.0580. The summed E-state index contributed by atoms with van der Waals surface area (Å²) < 4.78 is 0.0580. The van der Waals surface area contributed by atoms with Gasteiger partial charge in [-0.2, -0.15) is 0 Å². The fourth-order valence-corrected chi connectivity index (χ4v) is 3.80. The van der Waals surface area contributed by atoms with E-state index in [9.17, 15) is 5.21 Å². The lowest BCUT2D eigenvalue weighted by Crippen LogP contribution is -2.47. The van der Waals surface area contributed by atoms with Crippen LogP contribution in [0.4, 0.5) is 5.69 Å². The van der Waals surface area contributed by atoms with Crippen LogP contribution < -0.4 is 4.90 Å². The molecule has 2 fully saturated rings. The fourth-order valence-electron chi connectivity index (χ4n) is 3.62. The molecular weight excluding hydrogens is 298 g/mol. The largest absolute Gasteiger partial charge is 0.633 e. The molecule has 3 rings (SSSR count). The monoisotopic (exact) mass is 323 g/mol. The maximum atomic E-state index is 12.3. The predicted molar refractivity (Wildman–Crippen MR) is 92.2 cm³/mol. The number of likely N-dealkylation sites (tertiary alicyclic amines) is 1. The van der Waals surface area contributed by atoms with Crippen molar-refractivity contribution in [2.24, 2.45) is 0 Å². The second-order valence-corrected chi connectivity index (χ2v) is 7.03. The van der Waals surface area contributed by atoms with Gasteiger partial charge >= 0.3 is 0 Å². The van der Waals surface area contributed by atoms with Gasteiger partial charge in [0.25, 0.3) is 0 Å². The van der Waals surface area contributed by atoms with Gasteiger partial charge in [0.2, 0.25) is 0 Å². The van der Waals surface area contributed by atoms with E-state index in [-0.39, 0.29) is 4.65 Å². The molecule has 0 saturated carbocycles. The van der Waals surface area contributed by atoms with Crippen molar-refractivity contribution >= 4 is 17.3 Å². The number of hydroxylamine groups is 3. The van der Waals surface area contributed by atoms with E-state index in [0.717, 1.165) is 76.6 Å². The smallest absolute Gasteiger partial charge is 0.0796 e. The van der Waals surface area contributed by atoms with Crippen molar-refractivity contribution in [3.05, 3.63) is 34.5 Å². The van der Waals surface area contributed by atoms with E-state index in [0.29, 0.717) is 0 Å². The number of anilines is 1. The summed E-state index contributed by atoms with van der Waals surface area (Å²) >= 11 is 6.07. The van der Waals surface area contributed by atoms with E-state index < -0.39 is 0 Å². The summed E-state index contributed by atoms with van der Waals surface area (Å²) in [6.07, 6.45) is 3.25. The van der Waals surface area contributed by atoms with Gasteiger partial charge < -0.3 is 14.8 Å². The van der Waals surface area contributed by atoms with Gasteiger partial charge in [-0.05, 0) is 18.2 Å². The molecule has 0 bridgehead atoms. The normalized spacial score (nSPS) is 22.2. The number of benzene rings is 1. The third-order valence-electron chi connectivity index (χ3n) is 4.97. The summed E-state index contributed by atoms with van der Waals surface area (Å²) in [5.74, 6) is 0. The Morgan fingerprint density at radius 1 is 1.09 bits per heavy atom. The van der Waals surface area contributed by atoms with Crippen LogP contribution in [0.1, 0.15) is 19.3 Å². The zero-order valence-electron chi connectivity index (χ0n) is 13.2. The SMILES string of the molecule is [O-][N+]1(CCCN2CCN(c3cccc(Cl)c3)CC2)CCCC1. The molecule has 2 saturated heterocycles. The Kier molecular flexibility index (Phi) is 5.24. The lowest BCUT2D eigenvalue weighted by molar-refractivity contribution is -0.868. The van der Waals surface area contributed by atoms with Crippen LogP contribution in [0.2, 0.25) is 5.02 Å². The molecule has 1 aromatic rings. The summed E-state index contributed by atoms with van der Waals surface area (Å²) in [5.41, 5.74) is 1.22. The average molecular weight is 324 g/mol. The first-order valence-corrected chi connectivity index (χ1v) is 8.82. The predicted octanol–water partition coefficient (Wildman–Crippen LogP) is 2.96. The minimum Gasteiger partial charge on any atom is -0.633 e. The topological polar surface area (TPSA) is 29.5 Å². The molecule has 2 heterocycles. The van der Waals surface area contributed by atoms with Crippen molar-refractivity contribution in [3.8, 4) is 0 Å². The standard InChI is InChI=1S/C17H26ClN3O/c18-16-5-3-6-17(15-16)20-10-8-19(9-11-20)7-4-14-21(22)12-1-2-13-21/h3,5-6,15H,1-2,4,7-14H2. The van der Waals surface area contributed by atoms with Gasteiger partial charge in [0.15, 0.2) is 0 Å². The van der Waals surface area contributed by atoms with Crippen molar-refractivity contribution in [1.29, 1.82) is 0 Å². The molecule has 22 heavy (non-hydrogen) atoms. The second kappa shape index (κ2) is 7.18. The molecule has 1 aromatic carbocycles. The molecular formula is C17H26ClN3O. The molecule has 0 N–H and O–H groups in total. The van der Waals surface area contributed by atoms with Crippen molar-refractivity contribution in [3.63, 3.8) is 0 Å². The number of hydrogen-bond acceptors (Lipinski definition) is 3. The van der Waals surface area contributed by atoms with E-state index >= 15 is 0 Å². The van der Waals surface area contributed by atoms with Crippen molar-refractivity contribution in [2.45, 2.75) is 19.3 Å². The van der Waals surface area contributed by atoms with E-state index in [1.807, 2.05) is 18.2 Å². The quantitative estimate of drug-likeness (QED) is 0.616. The first-order chi connectivity index (χ1) is 10.6. The summed E-state index contributed by atoms with van der Waals surface area (Å²) in [4.78, 5) is 4.88. The Morgan fingerprint density at radius 3 is 2.50 bits per heavy atom. The highest BCUT2D eigenvalue weighted by Gasteiger charge is 2.23. The molecule has 122 valence electrons. The lowest BCUT2D eigenvalue weighted by atomic mass is 10.2. The van der Waals surface area contributed by atoms with Crippen molar-refractivity contribution in [1.82, 2.24) is 4.90 Å². The molecule has 0 atom stereocenters. The van der Waals surface area contributed by atoms with Gasteiger partial charge in [-0.3, -0.25) is 4.90 Å². The molecule has 0 radical (unpaired) electrons. The van der Waals surface area contributed by atoms with Gasteiger partial charge in [-0.25, -0.2) is 0 Å². The summed E-state index contributed by atoms with van der Waals surface area (Å²) in [5, 5.41) is 13.1. The van der Waals surface area contributed by atoms with Gasteiger partial charge in [0.05, 0.1) is 19.6 Å². The minimum atomic E-state index is 0.0580. The first-order valence-electron chi connectivity index (χ1n) is 8.45. The number of halogens is 1. The highest BCUT2D eigenvalue weighted by molar-refractivity contribution is 6.30. The van der Waals surface area contributed by atoms with Gasteiger partial charge in [-0.1, -0.05) is 17.7 Å². The first kappa shape index (κ1) is 16.1. The second-order valence-electron chi connectivity index (χ2n) is 6.60. The van der Waals surface area contributed by atoms with Crippen LogP contribution in [-0.2, 0) is 0 Å². The molecule has 2 aliphatic rings. The number of nitrogens with zero attached hydrogens (tertiary/aromatic N) is 3. The summed E-state index contributed by atoms with van der Waals surface area (Å²) in [6, 6.07) is 8.09. The summed E-state index contributed by atoms with van der Waals surface area (Å²) in [6.45, 7) is 7.76. The highest BCUT2D eigenvalue weighted by Crippen LogP contribution is 2.21. The molecule has 0 aliphatic carbocycles. The molecule has 4 nitrogen and oxygen atoms in total. The molecule has 5 heteroatoms. The maximum absolute atomic E-state index is 12.3. The van der Waals surface area contributed by atoms with E-state index in [1.165, 1.54) is 5.69 Å². The third kappa shape index (κ3) is 4.13. The van der Waals surface area contributed by atoms with Gasteiger partial charge in [-0.15, -0.1) is 0 Å². The Balaban J connectivity index is 1.40. The van der Waals surface area contributed by atoms with Crippen LogP contribution in [0.25, 0.3) is 0 Å². The van der Waals surface area contributed by atoms with Gasteiger partial charge in [0.1, 0.15) is 0 Å².